The van der Waals surface area contributed by atoms with E-state index in [1.54, 1.807) is 0 Å². The van der Waals surface area contributed by atoms with Gasteiger partial charge < -0.3 is 9.13 Å². The smallest absolute Gasteiger partial charge is 0.101 e. The topological polar surface area (TPSA) is 57.4 Å². The van der Waals surface area contributed by atoms with Crippen molar-refractivity contribution in [1.29, 1.82) is 10.5 Å². The second-order valence-corrected chi connectivity index (χ2v) is 10.4. The lowest BCUT2D eigenvalue weighted by Crippen LogP contribution is -2.00. The van der Waals surface area contributed by atoms with E-state index >= 15 is 0 Å². The molecule has 4 nitrogen and oxygen atoms in total. The lowest BCUT2D eigenvalue weighted by atomic mass is 10.00. The van der Waals surface area contributed by atoms with E-state index in [1.807, 2.05) is 42.5 Å². The number of para-hydroxylation sites is 4. The molecule has 6 aromatic carbocycles. The highest BCUT2D eigenvalue weighted by Gasteiger charge is 2.19. The zero-order chi connectivity index (χ0) is 28.2. The summed E-state index contributed by atoms with van der Waals surface area (Å²) >= 11 is 0. The molecule has 0 N–H and O–H groups in total. The molecule has 0 radical (unpaired) electrons. The lowest BCUT2D eigenvalue weighted by Gasteiger charge is -2.16. The minimum absolute atomic E-state index is 0.583. The average molecular weight is 535 g/mol. The highest BCUT2D eigenvalue weighted by Crippen LogP contribution is 2.38. The zero-order valence-electron chi connectivity index (χ0n) is 22.5. The number of nitriles is 2. The van der Waals surface area contributed by atoms with E-state index in [9.17, 15) is 10.5 Å². The Balaban J connectivity index is 1.42. The summed E-state index contributed by atoms with van der Waals surface area (Å²) in [7, 11) is 0. The molecule has 0 amide bonds. The molecule has 0 aliphatic carbocycles. The number of benzene rings is 6. The first-order chi connectivity index (χ1) is 20.8. The molecular weight excluding hydrogens is 512 g/mol. The number of aromatic nitrogens is 2. The van der Waals surface area contributed by atoms with Gasteiger partial charge >= 0.3 is 0 Å². The van der Waals surface area contributed by atoms with Crippen LogP contribution in [0, 0.1) is 22.7 Å². The van der Waals surface area contributed by atoms with Crippen LogP contribution >= 0.6 is 0 Å². The van der Waals surface area contributed by atoms with Gasteiger partial charge in [0.2, 0.25) is 0 Å². The van der Waals surface area contributed by atoms with Crippen molar-refractivity contribution in [2.75, 3.05) is 0 Å². The Morgan fingerprint density at radius 1 is 0.429 bits per heavy atom. The molecule has 0 unspecified atom stereocenters. The van der Waals surface area contributed by atoms with Crippen LogP contribution in [-0.4, -0.2) is 9.13 Å². The van der Waals surface area contributed by atoms with Crippen LogP contribution in [0.1, 0.15) is 11.1 Å². The first-order valence-corrected chi connectivity index (χ1v) is 13.8. The van der Waals surface area contributed by atoms with Gasteiger partial charge in [-0.15, -0.1) is 0 Å². The van der Waals surface area contributed by atoms with Gasteiger partial charge in [-0.2, -0.15) is 10.5 Å². The highest BCUT2D eigenvalue weighted by atomic mass is 15.0. The predicted octanol–water partition coefficient (Wildman–Crippen LogP) is 9.29. The molecule has 0 atom stereocenters. The van der Waals surface area contributed by atoms with Crippen molar-refractivity contribution in [3.05, 3.63) is 145 Å². The molecule has 0 aliphatic rings. The fourth-order valence-electron chi connectivity index (χ4n) is 6.38. The number of hydrogen-bond donors (Lipinski definition) is 0. The van der Waals surface area contributed by atoms with Crippen LogP contribution in [-0.2, 0) is 0 Å². The van der Waals surface area contributed by atoms with Crippen LogP contribution < -0.4 is 0 Å². The molecule has 0 bridgehead atoms. The third-order valence-corrected chi connectivity index (χ3v) is 8.20. The van der Waals surface area contributed by atoms with Gasteiger partial charge in [0.1, 0.15) is 6.07 Å². The zero-order valence-corrected chi connectivity index (χ0v) is 22.5. The second-order valence-electron chi connectivity index (χ2n) is 10.4. The normalized spacial score (nSPS) is 11.3. The Morgan fingerprint density at radius 2 is 0.976 bits per heavy atom. The van der Waals surface area contributed by atoms with E-state index < -0.39 is 0 Å². The number of rotatable bonds is 3. The van der Waals surface area contributed by atoms with Crippen molar-refractivity contribution in [1.82, 2.24) is 9.13 Å². The molecule has 4 heteroatoms. The van der Waals surface area contributed by atoms with Crippen LogP contribution in [0.25, 0.3) is 66.1 Å². The fraction of sp³-hybridized carbons (Fsp3) is 0. The third kappa shape index (κ3) is 3.40. The van der Waals surface area contributed by atoms with E-state index in [-0.39, 0.29) is 0 Å². The summed E-state index contributed by atoms with van der Waals surface area (Å²) in [5, 5.41) is 24.3. The summed E-state index contributed by atoms with van der Waals surface area (Å²) in [4.78, 5) is 0. The standard InChI is InChI=1S/C38H22N4/c39-23-25-17-20-37-32(21-25)31-12-4-8-16-36(31)42(37)38-22-26(18-19-27(38)24-40)28-9-1-5-13-33(28)41-34-14-6-2-10-29(34)30-11-3-7-15-35(30)41/h1-22H. The van der Waals surface area contributed by atoms with Crippen LogP contribution in [0.4, 0.5) is 0 Å². The van der Waals surface area contributed by atoms with Gasteiger partial charge in [0.15, 0.2) is 0 Å². The molecule has 0 spiro atoms. The van der Waals surface area contributed by atoms with Gasteiger partial charge in [0, 0.05) is 27.1 Å². The first-order valence-electron chi connectivity index (χ1n) is 13.8. The van der Waals surface area contributed by atoms with Crippen molar-refractivity contribution < 1.29 is 0 Å². The van der Waals surface area contributed by atoms with E-state index in [0.29, 0.717) is 11.1 Å². The van der Waals surface area contributed by atoms with Crippen LogP contribution in [0.15, 0.2) is 133 Å². The minimum Gasteiger partial charge on any atom is -0.309 e. The molecular formula is C38H22N4. The molecule has 8 rings (SSSR count). The first kappa shape index (κ1) is 23.8. The summed E-state index contributed by atoms with van der Waals surface area (Å²) in [5.41, 5.74) is 9.41. The predicted molar refractivity (Wildman–Crippen MR) is 170 cm³/mol. The maximum absolute atomic E-state index is 10.2. The summed E-state index contributed by atoms with van der Waals surface area (Å²) in [5.74, 6) is 0. The fourth-order valence-corrected chi connectivity index (χ4v) is 6.38. The lowest BCUT2D eigenvalue weighted by molar-refractivity contribution is 1.16. The van der Waals surface area contributed by atoms with Crippen molar-refractivity contribution in [3.8, 4) is 34.6 Å². The SMILES string of the molecule is N#Cc1ccc2c(c1)c1ccccc1n2-c1cc(-c2ccccc2-n2c3ccccc3c3ccccc32)ccc1C#N. The molecule has 2 heterocycles. The molecule has 8 aromatic rings. The summed E-state index contributed by atoms with van der Waals surface area (Å²) in [6.45, 7) is 0. The Hall–Kier alpha value is -6.10. The maximum atomic E-state index is 10.2. The van der Waals surface area contributed by atoms with Gasteiger partial charge in [-0.1, -0.05) is 78.9 Å². The maximum Gasteiger partial charge on any atom is 0.101 e. The van der Waals surface area contributed by atoms with Crippen LogP contribution in [0.2, 0.25) is 0 Å². The number of nitrogens with zero attached hydrogens (tertiary/aromatic N) is 4. The molecule has 194 valence electrons. The molecule has 0 saturated carbocycles. The van der Waals surface area contributed by atoms with Crippen molar-refractivity contribution in [2.45, 2.75) is 0 Å². The molecule has 42 heavy (non-hydrogen) atoms. The monoisotopic (exact) mass is 534 g/mol. The Bertz CT molecular complexity index is 2390. The summed E-state index contributed by atoms with van der Waals surface area (Å²) in [6.07, 6.45) is 0. The van der Waals surface area contributed by atoms with Crippen LogP contribution in [0.3, 0.4) is 0 Å². The van der Waals surface area contributed by atoms with E-state index in [0.717, 1.165) is 55.3 Å². The van der Waals surface area contributed by atoms with Gasteiger partial charge in [0.05, 0.1) is 50.6 Å². The number of fused-ring (bicyclic) bond motifs is 6. The van der Waals surface area contributed by atoms with Crippen LogP contribution in [0.5, 0.6) is 0 Å². The average Bonchev–Trinajstić information content (AvgIpc) is 3.57. The Kier molecular flexibility index (Phi) is 5.22. The Labute approximate surface area is 242 Å². The van der Waals surface area contributed by atoms with Crippen molar-refractivity contribution in [3.63, 3.8) is 0 Å². The van der Waals surface area contributed by atoms with Gasteiger partial charge in [-0.05, 0) is 60.2 Å². The van der Waals surface area contributed by atoms with Gasteiger partial charge in [-0.25, -0.2) is 0 Å². The molecule has 0 fully saturated rings. The molecule has 0 saturated heterocycles. The summed E-state index contributed by atoms with van der Waals surface area (Å²) in [6, 6.07) is 50.2. The molecule has 2 aromatic heterocycles. The quantitative estimate of drug-likeness (QED) is 0.227. The van der Waals surface area contributed by atoms with E-state index in [4.69, 9.17) is 0 Å². The van der Waals surface area contributed by atoms with Gasteiger partial charge in [-0.3, -0.25) is 0 Å². The number of hydrogen-bond acceptors (Lipinski definition) is 2. The van der Waals surface area contributed by atoms with Gasteiger partial charge in [0.25, 0.3) is 0 Å². The minimum atomic E-state index is 0.583. The highest BCUT2D eigenvalue weighted by molar-refractivity contribution is 6.11. The van der Waals surface area contributed by atoms with E-state index in [2.05, 4.69) is 112 Å². The Morgan fingerprint density at radius 3 is 1.62 bits per heavy atom. The third-order valence-electron chi connectivity index (χ3n) is 8.20. The second kappa shape index (κ2) is 9.24. The molecule has 0 aliphatic heterocycles. The van der Waals surface area contributed by atoms with E-state index in [1.165, 1.54) is 10.8 Å². The summed E-state index contributed by atoms with van der Waals surface area (Å²) < 4.78 is 4.48. The van der Waals surface area contributed by atoms with Crippen molar-refractivity contribution >= 4 is 43.6 Å². The van der Waals surface area contributed by atoms with Crippen molar-refractivity contribution in [2.24, 2.45) is 0 Å². The largest absolute Gasteiger partial charge is 0.309 e.